The average molecular weight is 1180 g/mol. The summed E-state index contributed by atoms with van der Waals surface area (Å²) in [5, 5.41) is 32.5. The van der Waals surface area contributed by atoms with Gasteiger partial charge < -0.3 is 69.7 Å². The molecular weight excluding hydrogens is 1100 g/mol. The van der Waals surface area contributed by atoms with Crippen molar-refractivity contribution >= 4 is 58.1 Å². The third-order valence-electron chi connectivity index (χ3n) is 13.8. The van der Waals surface area contributed by atoms with E-state index in [1.165, 1.54) is 46.3 Å². The summed E-state index contributed by atoms with van der Waals surface area (Å²) in [7, 11) is 0. The maximum absolute atomic E-state index is 13.7. The van der Waals surface area contributed by atoms with Crippen molar-refractivity contribution in [1.29, 1.82) is 0 Å². The van der Waals surface area contributed by atoms with Gasteiger partial charge in [0.05, 0.1) is 97.2 Å². The predicted octanol–water partition coefficient (Wildman–Crippen LogP) is 4.33. The highest BCUT2D eigenvalue weighted by Crippen LogP contribution is 2.35. The molecule has 2 saturated heterocycles. The first-order valence-corrected chi connectivity index (χ1v) is 29.4. The molecule has 2 aromatic carbocycles. The standard InChI is InChI=1S/C58H82N8O14S2/c1-35-49(81-33-61-35)39-11-13-41(29-59-53(71)45-27-43(69)31-65(45)55(73)51(57(5,6)7)63-37(3)67)47(25-39)79-23-21-77-19-17-75-15-16-76-18-20-78-22-24-80-48-26-40(50-36(2)62-34-82-50)12-14-42(48)30-60-54(72)46-28-44(70)32-66(46)56(74)52(58(8,9)10)64-38(4)68/h11-14,25-26,33-34,43-46,51-52,69-70H,15-24,27-32H2,1-10H3,(H,59,71)(H,60,72)(H,63,67)(H,64,68)/t43-,44-,45+,46+,51-,52-/m1/s1. The van der Waals surface area contributed by atoms with Gasteiger partial charge in [-0.1, -0.05) is 65.8 Å². The van der Waals surface area contributed by atoms with Crippen molar-refractivity contribution in [2.45, 2.75) is 132 Å². The molecule has 0 spiro atoms. The number of carbonyl (C=O) groups is 6. The predicted molar refractivity (Wildman–Crippen MR) is 309 cm³/mol. The third-order valence-corrected chi connectivity index (χ3v) is 15.7. The summed E-state index contributed by atoms with van der Waals surface area (Å²) in [6.45, 7) is 20.6. The highest BCUT2D eigenvalue weighted by atomic mass is 32.1. The fraction of sp³-hybridized carbons (Fsp3) is 0.586. The molecule has 6 rings (SSSR count). The van der Waals surface area contributed by atoms with E-state index < -0.39 is 70.8 Å². The molecule has 450 valence electrons. The van der Waals surface area contributed by atoms with Crippen molar-refractivity contribution in [1.82, 2.24) is 41.0 Å². The first-order valence-electron chi connectivity index (χ1n) is 27.6. The lowest BCUT2D eigenvalue weighted by Gasteiger charge is -2.35. The van der Waals surface area contributed by atoms with Crippen LogP contribution in [0.5, 0.6) is 11.5 Å². The highest BCUT2D eigenvalue weighted by Gasteiger charge is 2.46. The van der Waals surface area contributed by atoms with E-state index in [4.69, 9.17) is 28.4 Å². The van der Waals surface area contributed by atoms with Gasteiger partial charge in [0.2, 0.25) is 35.4 Å². The van der Waals surface area contributed by atoms with Crippen LogP contribution in [0, 0.1) is 24.7 Å². The molecule has 22 nitrogen and oxygen atoms in total. The van der Waals surface area contributed by atoms with Gasteiger partial charge >= 0.3 is 0 Å². The van der Waals surface area contributed by atoms with E-state index in [0.717, 1.165) is 32.3 Å². The minimum atomic E-state index is -0.927. The molecule has 0 radical (unpaired) electrons. The highest BCUT2D eigenvalue weighted by molar-refractivity contribution is 7.13. The van der Waals surface area contributed by atoms with Crippen LogP contribution in [0.2, 0.25) is 0 Å². The number of aliphatic hydroxyl groups excluding tert-OH is 2. The number of ether oxygens (including phenoxy) is 6. The van der Waals surface area contributed by atoms with E-state index in [-0.39, 0.29) is 77.3 Å². The number of aryl methyl sites for hydroxylation is 2. The molecule has 2 aliphatic rings. The monoisotopic (exact) mass is 1180 g/mol. The number of nitrogens with one attached hydrogen (secondary N) is 4. The van der Waals surface area contributed by atoms with E-state index in [1.54, 1.807) is 11.0 Å². The third kappa shape index (κ3) is 18.7. The van der Waals surface area contributed by atoms with Gasteiger partial charge in [0.1, 0.15) is 48.9 Å². The van der Waals surface area contributed by atoms with Crippen LogP contribution in [0.4, 0.5) is 0 Å². The van der Waals surface area contributed by atoms with Crippen LogP contribution in [0.3, 0.4) is 0 Å². The molecule has 0 bridgehead atoms. The van der Waals surface area contributed by atoms with E-state index in [2.05, 4.69) is 31.2 Å². The zero-order valence-corrected chi connectivity index (χ0v) is 50.4. The minimum absolute atomic E-state index is 0.0249. The van der Waals surface area contributed by atoms with Gasteiger partial charge in [-0.25, -0.2) is 9.97 Å². The van der Waals surface area contributed by atoms with E-state index in [0.29, 0.717) is 62.3 Å². The Hall–Kier alpha value is -6.12. The summed E-state index contributed by atoms with van der Waals surface area (Å²) >= 11 is 3.02. The maximum atomic E-state index is 13.7. The molecule has 2 fully saturated rings. The molecule has 2 aromatic heterocycles. The lowest BCUT2D eigenvalue weighted by atomic mass is 9.85. The Balaban J connectivity index is 0.892. The lowest BCUT2D eigenvalue weighted by Crippen LogP contribution is -2.57. The number of nitrogens with zero attached hydrogens (tertiary/aromatic N) is 4. The van der Waals surface area contributed by atoms with Crippen molar-refractivity contribution in [3.63, 3.8) is 0 Å². The summed E-state index contributed by atoms with van der Waals surface area (Å²) in [4.78, 5) is 92.3. The largest absolute Gasteiger partial charge is 0.491 e. The topological polar surface area (TPSA) is 279 Å². The second-order valence-corrected chi connectivity index (χ2v) is 24.3. The SMILES string of the molecule is CC(=O)N[C@H](C(=O)N1C[C@H](O)C[C@H]1C(=O)NCc1ccc(-c2scnc2C)cc1OCCOCCOCCOCCOCCOc1cc(-c2scnc2C)ccc1CNC(=O)[C@@H]1C[C@@H](O)CN1C(=O)[C@@H](NC(C)=O)C(C)(C)C)C(C)(C)C. The second kappa shape index (κ2) is 30.4. The van der Waals surface area contributed by atoms with Crippen LogP contribution in [0.15, 0.2) is 47.4 Å². The number of rotatable bonds is 29. The molecule has 0 unspecified atom stereocenters. The van der Waals surface area contributed by atoms with Crippen molar-refractivity contribution in [2.75, 3.05) is 79.2 Å². The van der Waals surface area contributed by atoms with Gasteiger partial charge in [-0.3, -0.25) is 28.8 Å². The Bertz CT molecular complexity index is 2610. The number of likely N-dealkylation sites (tertiary alicyclic amines) is 2. The van der Waals surface area contributed by atoms with Crippen LogP contribution in [0.25, 0.3) is 20.9 Å². The van der Waals surface area contributed by atoms with E-state index in [1.807, 2.05) is 91.8 Å². The van der Waals surface area contributed by atoms with Crippen molar-refractivity contribution < 1.29 is 67.4 Å². The molecule has 4 aromatic rings. The molecular formula is C58H82N8O14S2. The Morgan fingerprint density at radius 3 is 1.22 bits per heavy atom. The fourth-order valence-corrected chi connectivity index (χ4v) is 11.1. The average Bonchev–Trinajstić information content (AvgIpc) is 4.28. The van der Waals surface area contributed by atoms with Crippen LogP contribution in [-0.4, -0.2) is 181 Å². The number of thiazole rings is 2. The number of aliphatic hydroxyl groups is 2. The van der Waals surface area contributed by atoms with E-state index >= 15 is 0 Å². The summed E-state index contributed by atoms with van der Waals surface area (Å²) in [5.74, 6) is -1.37. The van der Waals surface area contributed by atoms with Gasteiger partial charge in [0, 0.05) is 64.0 Å². The van der Waals surface area contributed by atoms with Crippen LogP contribution >= 0.6 is 22.7 Å². The van der Waals surface area contributed by atoms with Gasteiger partial charge in [-0.05, 0) is 47.9 Å². The van der Waals surface area contributed by atoms with Crippen molar-refractivity contribution in [3.8, 4) is 32.4 Å². The number of benzene rings is 2. The quantitative estimate of drug-likeness (QED) is 0.0413. The Labute approximate surface area is 488 Å². The number of amides is 6. The normalized spacial score (nSPS) is 18.0. The van der Waals surface area contributed by atoms with Gasteiger partial charge in [-0.2, -0.15) is 0 Å². The Morgan fingerprint density at radius 1 is 0.573 bits per heavy atom. The molecule has 4 heterocycles. The van der Waals surface area contributed by atoms with Crippen LogP contribution in [-0.2, 0) is 60.8 Å². The minimum Gasteiger partial charge on any atom is -0.491 e. The van der Waals surface area contributed by atoms with E-state index in [9.17, 15) is 39.0 Å². The van der Waals surface area contributed by atoms with Crippen LogP contribution < -0.4 is 30.7 Å². The number of hydrogen-bond acceptors (Lipinski definition) is 18. The molecule has 0 saturated carbocycles. The first kappa shape index (κ1) is 65.0. The van der Waals surface area contributed by atoms with Gasteiger partial charge in [-0.15, -0.1) is 22.7 Å². The molecule has 2 aliphatic heterocycles. The van der Waals surface area contributed by atoms with Crippen molar-refractivity contribution in [2.24, 2.45) is 10.8 Å². The van der Waals surface area contributed by atoms with Crippen molar-refractivity contribution in [3.05, 3.63) is 69.9 Å². The number of hydrogen-bond donors (Lipinski definition) is 6. The number of carbonyl (C=O) groups excluding carboxylic acids is 6. The maximum Gasteiger partial charge on any atom is 0.246 e. The molecule has 6 atom stereocenters. The summed E-state index contributed by atoms with van der Waals surface area (Å²) in [5.41, 5.74) is 7.25. The molecule has 0 aliphatic carbocycles. The lowest BCUT2D eigenvalue weighted by molar-refractivity contribution is -0.143. The number of β-amino-alcohol motifs (C(OH)–C–C–N with tert-alkyl or cyclic N) is 2. The fourth-order valence-electron chi connectivity index (χ4n) is 9.54. The zero-order valence-electron chi connectivity index (χ0n) is 48.8. The Kier molecular flexibility index (Phi) is 24.1. The molecule has 82 heavy (non-hydrogen) atoms. The summed E-state index contributed by atoms with van der Waals surface area (Å²) in [6, 6.07) is 7.82. The van der Waals surface area contributed by atoms with Gasteiger partial charge in [0.15, 0.2) is 0 Å². The summed E-state index contributed by atoms with van der Waals surface area (Å²) < 4.78 is 35.4. The van der Waals surface area contributed by atoms with Gasteiger partial charge in [0.25, 0.3) is 0 Å². The van der Waals surface area contributed by atoms with Crippen LogP contribution in [0.1, 0.15) is 90.7 Å². The molecule has 6 N–H and O–H groups in total. The molecule has 6 amide bonds. The smallest absolute Gasteiger partial charge is 0.246 e. The summed E-state index contributed by atoms with van der Waals surface area (Å²) in [6.07, 6.45) is -1.65. The number of aromatic nitrogens is 2. The first-order chi connectivity index (χ1) is 38.9. The second-order valence-electron chi connectivity index (χ2n) is 22.6. The molecule has 24 heteroatoms. The zero-order chi connectivity index (χ0) is 59.7. The Morgan fingerprint density at radius 2 is 0.915 bits per heavy atom.